The Bertz CT molecular complexity index is 655. The molecule has 8 heteroatoms. The molecule has 0 saturated carbocycles. The van der Waals surface area contributed by atoms with Crippen molar-refractivity contribution < 1.29 is 14.1 Å². The van der Waals surface area contributed by atoms with Crippen LogP contribution in [0.2, 0.25) is 0 Å². The summed E-state index contributed by atoms with van der Waals surface area (Å²) in [5.74, 6) is 0.490. The van der Waals surface area contributed by atoms with Gasteiger partial charge in [-0.05, 0) is 18.6 Å². The van der Waals surface area contributed by atoms with Crippen LogP contribution >= 0.6 is 0 Å². The summed E-state index contributed by atoms with van der Waals surface area (Å²) in [6.07, 6.45) is 2.95. The van der Waals surface area contributed by atoms with Gasteiger partial charge in [0.05, 0.1) is 0 Å². The van der Waals surface area contributed by atoms with E-state index in [0.717, 1.165) is 0 Å². The molecule has 0 aliphatic carbocycles. The summed E-state index contributed by atoms with van der Waals surface area (Å²) < 4.78 is 5.15. The number of carbonyl (C=O) groups is 2. The largest absolute Gasteiger partial charge is 0.357 e. The third kappa shape index (κ3) is 4.94. The van der Waals surface area contributed by atoms with Gasteiger partial charge < -0.3 is 9.51 Å². The van der Waals surface area contributed by atoms with Crippen LogP contribution in [-0.2, 0) is 16.6 Å². The van der Waals surface area contributed by atoms with E-state index in [9.17, 15) is 9.59 Å². The number of hydrogen-bond acceptors (Lipinski definition) is 5. The zero-order valence-corrected chi connectivity index (χ0v) is 13.5. The van der Waals surface area contributed by atoms with Crippen LogP contribution in [0.25, 0.3) is 0 Å². The Morgan fingerprint density at radius 3 is 2.70 bits per heavy atom. The van der Waals surface area contributed by atoms with E-state index in [1.807, 2.05) is 20.8 Å². The lowest BCUT2D eigenvalue weighted by molar-refractivity contribution is -0.121. The second-order valence-corrected chi connectivity index (χ2v) is 6.20. The normalized spacial score (nSPS) is 11.3. The Hall–Kier alpha value is -2.64. The minimum atomic E-state index is -0.393. The zero-order chi connectivity index (χ0) is 16.9. The highest BCUT2D eigenvalue weighted by molar-refractivity contribution is 5.93. The lowest BCUT2D eigenvalue weighted by atomic mass is 9.96. The van der Waals surface area contributed by atoms with Crippen LogP contribution in [-0.4, -0.2) is 26.9 Å². The average Bonchev–Trinajstić information content (AvgIpc) is 3.15. The standard InChI is InChI=1S/C15H21N5O3/c1-15(2,3)14-17-12(23-20-14)8-4-7-11(21)18-19-13(22)10-6-5-9-16-10/h5-6,9,16H,4,7-8H2,1-3H3,(H,18,21)(H,19,22). The Morgan fingerprint density at radius 2 is 2.09 bits per heavy atom. The summed E-state index contributed by atoms with van der Waals surface area (Å²) in [6.45, 7) is 6.01. The number of rotatable bonds is 5. The third-order valence-electron chi connectivity index (χ3n) is 3.09. The maximum Gasteiger partial charge on any atom is 0.286 e. The Kier molecular flexibility index (Phi) is 5.15. The minimum absolute atomic E-state index is 0.165. The van der Waals surface area contributed by atoms with Gasteiger partial charge in [0, 0.05) is 24.5 Å². The van der Waals surface area contributed by atoms with Crippen LogP contribution < -0.4 is 10.9 Å². The predicted molar refractivity (Wildman–Crippen MR) is 82.3 cm³/mol. The number of H-pyrrole nitrogens is 1. The van der Waals surface area contributed by atoms with Crippen molar-refractivity contribution >= 4 is 11.8 Å². The van der Waals surface area contributed by atoms with Crippen LogP contribution in [0.3, 0.4) is 0 Å². The Labute approximate surface area is 134 Å². The molecule has 0 fully saturated rings. The first kappa shape index (κ1) is 16.7. The van der Waals surface area contributed by atoms with Crippen molar-refractivity contribution in [2.75, 3.05) is 0 Å². The van der Waals surface area contributed by atoms with Gasteiger partial charge in [-0.3, -0.25) is 20.4 Å². The number of aryl methyl sites for hydroxylation is 1. The van der Waals surface area contributed by atoms with E-state index in [-0.39, 0.29) is 17.7 Å². The van der Waals surface area contributed by atoms with Crippen molar-refractivity contribution in [2.45, 2.75) is 45.4 Å². The van der Waals surface area contributed by atoms with E-state index >= 15 is 0 Å². The fraction of sp³-hybridized carbons (Fsp3) is 0.467. The molecule has 23 heavy (non-hydrogen) atoms. The number of aromatic amines is 1. The van der Waals surface area contributed by atoms with Crippen LogP contribution in [0.5, 0.6) is 0 Å². The van der Waals surface area contributed by atoms with E-state index in [1.54, 1.807) is 18.3 Å². The molecule has 0 unspecified atom stereocenters. The van der Waals surface area contributed by atoms with Crippen LogP contribution in [0.4, 0.5) is 0 Å². The Morgan fingerprint density at radius 1 is 1.30 bits per heavy atom. The van der Waals surface area contributed by atoms with Gasteiger partial charge in [-0.2, -0.15) is 4.98 Å². The van der Waals surface area contributed by atoms with Crippen molar-refractivity contribution in [3.05, 3.63) is 35.7 Å². The van der Waals surface area contributed by atoms with Gasteiger partial charge in [0.25, 0.3) is 5.91 Å². The van der Waals surface area contributed by atoms with Crippen LogP contribution in [0.1, 0.15) is 55.8 Å². The van der Waals surface area contributed by atoms with Crippen LogP contribution in [0.15, 0.2) is 22.9 Å². The molecule has 0 spiro atoms. The molecule has 0 aromatic carbocycles. The molecule has 2 rings (SSSR count). The van der Waals surface area contributed by atoms with E-state index in [1.165, 1.54) is 0 Å². The summed E-state index contributed by atoms with van der Waals surface area (Å²) in [4.78, 5) is 30.3. The summed E-state index contributed by atoms with van der Waals surface area (Å²) in [5.41, 5.74) is 4.91. The molecule has 0 radical (unpaired) electrons. The molecule has 0 saturated heterocycles. The maximum absolute atomic E-state index is 11.7. The number of amides is 2. The molecule has 2 aromatic rings. The van der Waals surface area contributed by atoms with Gasteiger partial charge in [0.15, 0.2) is 5.82 Å². The highest BCUT2D eigenvalue weighted by atomic mass is 16.5. The third-order valence-corrected chi connectivity index (χ3v) is 3.09. The lowest BCUT2D eigenvalue weighted by Gasteiger charge is -2.10. The molecule has 8 nitrogen and oxygen atoms in total. The fourth-order valence-electron chi connectivity index (χ4n) is 1.79. The number of nitrogens with one attached hydrogen (secondary N) is 3. The molecule has 2 amide bonds. The van der Waals surface area contributed by atoms with Gasteiger partial charge in [0.2, 0.25) is 11.8 Å². The van der Waals surface area contributed by atoms with E-state index in [0.29, 0.717) is 30.3 Å². The summed E-state index contributed by atoms with van der Waals surface area (Å²) in [7, 11) is 0. The number of hydrogen-bond donors (Lipinski definition) is 3. The van der Waals surface area contributed by atoms with Gasteiger partial charge in [-0.25, -0.2) is 0 Å². The first-order valence-corrected chi connectivity index (χ1v) is 7.42. The molecule has 124 valence electrons. The first-order chi connectivity index (χ1) is 10.9. The smallest absolute Gasteiger partial charge is 0.286 e. The molecule has 2 heterocycles. The highest BCUT2D eigenvalue weighted by Gasteiger charge is 2.20. The van der Waals surface area contributed by atoms with Gasteiger partial charge in [0.1, 0.15) is 5.69 Å². The van der Waals surface area contributed by atoms with E-state index in [4.69, 9.17) is 4.52 Å². The molecule has 0 aliphatic rings. The topological polar surface area (TPSA) is 113 Å². The first-order valence-electron chi connectivity index (χ1n) is 7.42. The quantitative estimate of drug-likeness (QED) is 0.722. The summed E-state index contributed by atoms with van der Waals surface area (Å²) in [5, 5.41) is 3.93. The second kappa shape index (κ2) is 7.08. The Balaban J connectivity index is 1.69. The van der Waals surface area contributed by atoms with Crippen LogP contribution in [0, 0.1) is 0 Å². The molecule has 0 aliphatic heterocycles. The van der Waals surface area contributed by atoms with E-state index < -0.39 is 5.91 Å². The zero-order valence-electron chi connectivity index (χ0n) is 13.5. The monoisotopic (exact) mass is 319 g/mol. The van der Waals surface area contributed by atoms with Crippen molar-refractivity contribution in [1.82, 2.24) is 26.0 Å². The van der Waals surface area contributed by atoms with Crippen molar-refractivity contribution in [3.8, 4) is 0 Å². The van der Waals surface area contributed by atoms with Gasteiger partial charge in [-0.1, -0.05) is 25.9 Å². The molecule has 3 N–H and O–H groups in total. The number of hydrazine groups is 1. The van der Waals surface area contributed by atoms with Gasteiger partial charge >= 0.3 is 0 Å². The fourth-order valence-corrected chi connectivity index (χ4v) is 1.79. The molecule has 0 bridgehead atoms. The predicted octanol–water partition coefficient (Wildman–Crippen LogP) is 1.48. The summed E-state index contributed by atoms with van der Waals surface area (Å²) >= 11 is 0. The number of nitrogens with zero attached hydrogens (tertiary/aromatic N) is 2. The van der Waals surface area contributed by atoms with Crippen molar-refractivity contribution in [3.63, 3.8) is 0 Å². The SMILES string of the molecule is CC(C)(C)c1noc(CCCC(=O)NNC(=O)c2ccc[nH]2)n1. The average molecular weight is 319 g/mol. The van der Waals surface area contributed by atoms with Gasteiger partial charge in [-0.15, -0.1) is 0 Å². The molecule has 0 atom stereocenters. The second-order valence-electron chi connectivity index (χ2n) is 6.20. The molecule has 2 aromatic heterocycles. The lowest BCUT2D eigenvalue weighted by Crippen LogP contribution is -2.41. The van der Waals surface area contributed by atoms with E-state index in [2.05, 4.69) is 26.0 Å². The minimum Gasteiger partial charge on any atom is -0.357 e. The highest BCUT2D eigenvalue weighted by Crippen LogP contribution is 2.18. The van der Waals surface area contributed by atoms with Crippen molar-refractivity contribution in [2.24, 2.45) is 0 Å². The number of aromatic nitrogens is 3. The number of carbonyl (C=O) groups excluding carboxylic acids is 2. The summed E-state index contributed by atoms with van der Waals surface area (Å²) in [6, 6.07) is 3.32. The maximum atomic E-state index is 11.7. The molecular weight excluding hydrogens is 298 g/mol. The molecular formula is C15H21N5O3. The van der Waals surface area contributed by atoms with Crippen molar-refractivity contribution in [1.29, 1.82) is 0 Å².